The topological polar surface area (TPSA) is 170 Å². The molecular formula is C25H29BrF3N9O2. The van der Waals surface area contributed by atoms with Crippen molar-refractivity contribution >= 4 is 39.1 Å². The van der Waals surface area contributed by atoms with Crippen LogP contribution in [0.3, 0.4) is 0 Å². The second-order valence-electron chi connectivity index (χ2n) is 9.91. The van der Waals surface area contributed by atoms with Gasteiger partial charge >= 0.3 is 6.18 Å². The van der Waals surface area contributed by atoms with Crippen LogP contribution in [-0.4, -0.2) is 43.3 Å². The quantitative estimate of drug-likeness (QED) is 0.150. The lowest BCUT2D eigenvalue weighted by molar-refractivity contribution is -0.0939. The molecule has 3 aromatic rings. The van der Waals surface area contributed by atoms with E-state index in [1.54, 1.807) is 25.1 Å². The van der Waals surface area contributed by atoms with E-state index >= 15 is 0 Å². The van der Waals surface area contributed by atoms with Crippen molar-refractivity contribution < 1.29 is 22.8 Å². The molecule has 0 saturated heterocycles. The molecule has 214 valence electrons. The molecule has 15 heteroatoms. The molecule has 2 amide bonds. The monoisotopic (exact) mass is 623 g/mol. The first-order valence-electron chi connectivity index (χ1n) is 11.8. The SMILES string of the molecule is Cc1cc(N)cc(C(=O)NC(C)(C)C)c1NC(=O)c1cc(CN(N)/C=C(\N)C(F)(F)F)nn1-c1ncccc1Br. The lowest BCUT2D eigenvalue weighted by atomic mass is 10.0. The van der Waals surface area contributed by atoms with E-state index in [4.69, 9.17) is 17.3 Å². The number of carbonyl (C=O) groups excluding carboxylic acids is 2. The number of carbonyl (C=O) groups is 2. The van der Waals surface area contributed by atoms with Crippen molar-refractivity contribution in [3.05, 3.63) is 75.4 Å². The first kappa shape index (κ1) is 30.4. The summed E-state index contributed by atoms with van der Waals surface area (Å²) < 4.78 is 40.2. The number of aryl methyl sites for hydroxylation is 1. The van der Waals surface area contributed by atoms with Crippen LogP contribution < -0.4 is 27.9 Å². The molecule has 2 heterocycles. The third kappa shape index (κ3) is 7.51. The van der Waals surface area contributed by atoms with Crippen LogP contribution in [0.25, 0.3) is 5.82 Å². The van der Waals surface area contributed by atoms with Gasteiger partial charge in [-0.3, -0.25) is 9.59 Å². The molecule has 0 atom stereocenters. The van der Waals surface area contributed by atoms with Crippen LogP contribution in [0, 0.1) is 6.92 Å². The minimum Gasteiger partial charge on any atom is -0.399 e. The molecule has 0 radical (unpaired) electrons. The molecule has 2 aromatic heterocycles. The van der Waals surface area contributed by atoms with E-state index in [9.17, 15) is 22.8 Å². The minimum atomic E-state index is -4.77. The van der Waals surface area contributed by atoms with E-state index in [1.165, 1.54) is 23.0 Å². The minimum absolute atomic E-state index is 0.0334. The average molecular weight is 624 g/mol. The van der Waals surface area contributed by atoms with Gasteiger partial charge in [0.1, 0.15) is 11.4 Å². The van der Waals surface area contributed by atoms with E-state index in [0.717, 1.165) is 0 Å². The number of allylic oxidation sites excluding steroid dienone is 1. The van der Waals surface area contributed by atoms with Gasteiger partial charge in [0, 0.05) is 23.6 Å². The summed E-state index contributed by atoms with van der Waals surface area (Å²) in [5.41, 5.74) is 10.4. The first-order valence-corrected chi connectivity index (χ1v) is 12.5. The van der Waals surface area contributed by atoms with Gasteiger partial charge in [0.2, 0.25) is 0 Å². The van der Waals surface area contributed by atoms with Crippen molar-refractivity contribution in [1.82, 2.24) is 25.1 Å². The number of anilines is 2. The highest BCUT2D eigenvalue weighted by molar-refractivity contribution is 9.10. The zero-order chi connectivity index (χ0) is 30.0. The summed E-state index contributed by atoms with van der Waals surface area (Å²) in [6.45, 7) is 6.79. The van der Waals surface area contributed by atoms with Gasteiger partial charge in [-0.2, -0.15) is 18.3 Å². The fraction of sp³-hybridized carbons (Fsp3) is 0.280. The number of hydrogen-bond acceptors (Lipinski definition) is 8. The van der Waals surface area contributed by atoms with Gasteiger partial charge in [-0.1, -0.05) is 0 Å². The lowest BCUT2D eigenvalue weighted by Gasteiger charge is -2.22. The fourth-order valence-corrected chi connectivity index (χ4v) is 4.02. The number of benzene rings is 1. The molecule has 11 nitrogen and oxygen atoms in total. The van der Waals surface area contributed by atoms with Crippen molar-refractivity contribution in [3.63, 3.8) is 0 Å². The molecule has 0 saturated carbocycles. The van der Waals surface area contributed by atoms with Crippen molar-refractivity contribution in [2.75, 3.05) is 11.1 Å². The summed E-state index contributed by atoms with van der Waals surface area (Å²) in [6.07, 6.45) is -2.77. The summed E-state index contributed by atoms with van der Waals surface area (Å²) in [6, 6.07) is 7.72. The van der Waals surface area contributed by atoms with Crippen LogP contribution >= 0.6 is 15.9 Å². The van der Waals surface area contributed by atoms with E-state index in [0.29, 0.717) is 26.9 Å². The third-order valence-corrected chi connectivity index (χ3v) is 5.86. The number of hydrogen-bond donors (Lipinski definition) is 5. The Morgan fingerprint density at radius 1 is 1.18 bits per heavy atom. The molecule has 0 aliphatic rings. The molecule has 1 aromatic carbocycles. The smallest absolute Gasteiger partial charge is 0.399 e. The first-order chi connectivity index (χ1) is 18.5. The molecule has 40 heavy (non-hydrogen) atoms. The summed E-state index contributed by atoms with van der Waals surface area (Å²) in [5.74, 6) is 4.81. The van der Waals surface area contributed by atoms with Gasteiger partial charge in [-0.15, -0.1) is 0 Å². The van der Waals surface area contributed by atoms with Gasteiger partial charge in [-0.05, 0) is 79.5 Å². The zero-order valence-electron chi connectivity index (χ0n) is 22.1. The Morgan fingerprint density at radius 2 is 1.85 bits per heavy atom. The van der Waals surface area contributed by atoms with E-state index in [2.05, 4.69) is 36.6 Å². The van der Waals surface area contributed by atoms with E-state index < -0.39 is 29.2 Å². The molecule has 0 aliphatic carbocycles. The van der Waals surface area contributed by atoms with Gasteiger partial charge in [0.25, 0.3) is 11.8 Å². The van der Waals surface area contributed by atoms with Crippen LogP contribution in [0.4, 0.5) is 24.5 Å². The number of amides is 2. The van der Waals surface area contributed by atoms with Crippen molar-refractivity contribution in [2.45, 2.75) is 46.0 Å². The number of nitrogens with one attached hydrogen (secondary N) is 2. The van der Waals surface area contributed by atoms with Gasteiger partial charge < -0.3 is 27.1 Å². The predicted molar refractivity (Wildman–Crippen MR) is 148 cm³/mol. The van der Waals surface area contributed by atoms with Crippen LogP contribution in [0.5, 0.6) is 0 Å². The fourth-order valence-electron chi connectivity index (χ4n) is 3.59. The zero-order valence-corrected chi connectivity index (χ0v) is 23.7. The highest BCUT2D eigenvalue weighted by Gasteiger charge is 2.32. The maximum absolute atomic E-state index is 13.6. The number of halogens is 4. The Kier molecular flexibility index (Phi) is 8.79. The summed E-state index contributed by atoms with van der Waals surface area (Å²) in [4.78, 5) is 30.9. The van der Waals surface area contributed by atoms with Crippen LogP contribution in [0.1, 0.15) is 52.9 Å². The molecule has 3 rings (SSSR count). The number of nitrogens with zero attached hydrogens (tertiary/aromatic N) is 4. The maximum atomic E-state index is 13.6. The Morgan fingerprint density at radius 3 is 2.45 bits per heavy atom. The molecule has 8 N–H and O–H groups in total. The third-order valence-electron chi connectivity index (χ3n) is 5.24. The van der Waals surface area contributed by atoms with E-state index in [-0.39, 0.29) is 35.0 Å². The number of aromatic nitrogens is 3. The number of rotatable bonds is 7. The van der Waals surface area contributed by atoms with Crippen molar-refractivity contribution in [2.24, 2.45) is 11.6 Å². The Balaban J connectivity index is 2.05. The highest BCUT2D eigenvalue weighted by atomic mass is 79.9. The number of nitrogens with two attached hydrogens (primary N) is 3. The maximum Gasteiger partial charge on any atom is 0.432 e. The highest BCUT2D eigenvalue weighted by Crippen LogP contribution is 2.27. The Labute approximate surface area is 236 Å². The molecule has 0 unspecified atom stereocenters. The number of alkyl halides is 3. The molecular weight excluding hydrogens is 595 g/mol. The van der Waals surface area contributed by atoms with Gasteiger partial charge in [0.15, 0.2) is 5.82 Å². The molecule has 0 spiro atoms. The standard InChI is InChI=1S/C25H29BrF3N9O2/c1-13-8-14(30)9-16(22(39)35-24(2,3)4)20(13)34-23(40)18-10-15(11-37(32)12-19(31)25(27,28)29)36-38(18)21-17(26)6-5-7-33-21/h5-10,12H,11,30-32H2,1-4H3,(H,34,40)(H,35,39)/b19-12-. The Hall–Kier alpha value is -4.11. The average Bonchev–Trinajstić information content (AvgIpc) is 3.22. The largest absolute Gasteiger partial charge is 0.432 e. The predicted octanol–water partition coefficient (Wildman–Crippen LogP) is 3.74. The van der Waals surface area contributed by atoms with Crippen molar-refractivity contribution in [3.8, 4) is 5.82 Å². The normalized spacial score (nSPS) is 12.3. The van der Waals surface area contributed by atoms with Crippen LogP contribution in [-0.2, 0) is 6.54 Å². The van der Waals surface area contributed by atoms with Crippen LogP contribution in [0.15, 0.2) is 52.9 Å². The summed E-state index contributed by atoms with van der Waals surface area (Å²) in [5, 5.41) is 10.6. The van der Waals surface area contributed by atoms with E-state index in [1.807, 2.05) is 20.8 Å². The molecule has 0 aliphatic heterocycles. The van der Waals surface area contributed by atoms with Crippen LogP contribution in [0.2, 0.25) is 0 Å². The number of nitrogen functional groups attached to an aromatic ring is 1. The second-order valence-corrected chi connectivity index (χ2v) is 10.8. The lowest BCUT2D eigenvalue weighted by Crippen LogP contribution is -2.41. The molecule has 0 bridgehead atoms. The van der Waals surface area contributed by atoms with Crippen molar-refractivity contribution in [1.29, 1.82) is 0 Å². The molecule has 0 fully saturated rings. The summed E-state index contributed by atoms with van der Waals surface area (Å²) in [7, 11) is 0. The number of hydrazine groups is 1. The summed E-state index contributed by atoms with van der Waals surface area (Å²) >= 11 is 3.37. The van der Waals surface area contributed by atoms with Gasteiger partial charge in [0.05, 0.1) is 28.0 Å². The van der Waals surface area contributed by atoms with Gasteiger partial charge in [-0.25, -0.2) is 15.5 Å². The second kappa shape index (κ2) is 11.6. The Bertz CT molecular complexity index is 1460. The number of pyridine rings is 1.